The first kappa shape index (κ1) is 3.44. The summed E-state index contributed by atoms with van der Waals surface area (Å²) in [5.41, 5.74) is 0. The minimum atomic E-state index is -0.0228. The fraction of sp³-hybridized carbons (Fsp3) is 0.143. The summed E-state index contributed by atoms with van der Waals surface area (Å²) in [6, 6.07) is -0.0172. The van der Waals surface area contributed by atoms with Crippen LogP contribution in [0.5, 0.6) is 0 Å². The van der Waals surface area contributed by atoms with Crippen molar-refractivity contribution in [1.82, 2.24) is 0 Å². The Bertz CT molecular complexity index is 324. The highest BCUT2D eigenvalue weighted by atomic mass is 79.9. The first-order valence-electron chi connectivity index (χ1n) is 4.30. The molecule has 0 aliphatic rings. The van der Waals surface area contributed by atoms with Crippen molar-refractivity contribution in [2.24, 2.45) is 0 Å². The van der Waals surface area contributed by atoms with Crippen molar-refractivity contribution in [3.8, 4) is 0 Å². The van der Waals surface area contributed by atoms with Gasteiger partial charge >= 0.3 is 0 Å². The summed E-state index contributed by atoms with van der Waals surface area (Å²) in [6.07, 6.45) is 1.73. The van der Waals surface area contributed by atoms with E-state index in [-0.39, 0.29) is 28.6 Å². The molecule has 0 saturated carbocycles. The van der Waals surface area contributed by atoms with Crippen molar-refractivity contribution in [2.75, 3.05) is 6.26 Å². The summed E-state index contributed by atoms with van der Waals surface area (Å²) in [5, 5.41) is 0. The van der Waals surface area contributed by atoms with Gasteiger partial charge in [-0.25, -0.2) is 0 Å². The summed E-state index contributed by atoms with van der Waals surface area (Å²) in [4.78, 5) is 0.387. The molecule has 1 aromatic rings. The van der Waals surface area contributed by atoms with E-state index in [1.54, 1.807) is 6.26 Å². The van der Waals surface area contributed by atoms with E-state index in [1.165, 1.54) is 11.8 Å². The smallest absolute Gasteiger partial charge is 0.0635 e. The lowest BCUT2D eigenvalue weighted by molar-refractivity contribution is 1.45. The molecule has 0 aromatic heterocycles. The Morgan fingerprint density at radius 3 is 2.44 bits per heavy atom. The monoisotopic (exact) mass is 206 g/mol. The van der Waals surface area contributed by atoms with Gasteiger partial charge in [0.1, 0.15) is 0 Å². The zero-order chi connectivity index (χ0) is 10.2. The molecule has 0 radical (unpaired) electrons. The predicted molar refractivity (Wildman–Crippen MR) is 45.9 cm³/mol. The zero-order valence-electron chi connectivity index (χ0n) is 8.79. The molecule has 0 spiro atoms. The average Bonchev–Trinajstić information content (AvgIpc) is 2.13. The SMILES string of the molecule is [2H]c1c([2H])c(SC)c([2H])c([2H])c1Br. The molecule has 0 amide bonds. The quantitative estimate of drug-likeness (QED) is 0.637. The van der Waals surface area contributed by atoms with Crippen LogP contribution in [-0.4, -0.2) is 6.26 Å². The van der Waals surface area contributed by atoms with E-state index >= 15 is 0 Å². The van der Waals surface area contributed by atoms with Gasteiger partial charge in [-0.15, -0.1) is 11.8 Å². The second-order valence-electron chi connectivity index (χ2n) is 1.35. The van der Waals surface area contributed by atoms with Crippen LogP contribution in [-0.2, 0) is 0 Å². The normalized spacial score (nSPS) is 15.8. The largest absolute Gasteiger partial charge is 0.130 e. The highest BCUT2D eigenvalue weighted by Crippen LogP contribution is 2.17. The Labute approximate surface area is 73.4 Å². The Morgan fingerprint density at radius 2 is 2.00 bits per heavy atom. The molecule has 0 aliphatic carbocycles. The maximum atomic E-state index is 7.53. The van der Waals surface area contributed by atoms with E-state index in [1.807, 2.05) is 0 Å². The molecule has 0 unspecified atom stereocenters. The van der Waals surface area contributed by atoms with Gasteiger partial charge in [0.25, 0.3) is 0 Å². The van der Waals surface area contributed by atoms with Crippen LogP contribution in [0.2, 0.25) is 0 Å². The van der Waals surface area contributed by atoms with Crippen LogP contribution in [0.3, 0.4) is 0 Å². The van der Waals surface area contributed by atoms with Gasteiger partial charge in [0, 0.05) is 9.37 Å². The number of rotatable bonds is 1. The second-order valence-corrected chi connectivity index (χ2v) is 2.96. The highest BCUT2D eigenvalue weighted by molar-refractivity contribution is 9.10. The zero-order valence-corrected chi connectivity index (χ0v) is 7.19. The Hall–Kier alpha value is 0.0500. The van der Waals surface area contributed by atoms with Crippen LogP contribution in [0.4, 0.5) is 0 Å². The fourth-order valence-electron chi connectivity index (χ4n) is 0.388. The molecular weight excluding hydrogens is 196 g/mol. The van der Waals surface area contributed by atoms with Gasteiger partial charge in [-0.3, -0.25) is 0 Å². The molecule has 0 bridgehead atoms. The molecule has 0 nitrogen and oxygen atoms in total. The van der Waals surface area contributed by atoms with Crippen LogP contribution in [0.25, 0.3) is 0 Å². The third-order valence-corrected chi connectivity index (χ3v) is 1.78. The number of thioether (sulfide) groups is 1. The third-order valence-electron chi connectivity index (χ3n) is 0.776. The minimum Gasteiger partial charge on any atom is -0.130 e. The minimum absolute atomic E-state index is 0.0142. The molecule has 1 aromatic carbocycles. The number of hydrogen-bond donors (Lipinski definition) is 0. The van der Waals surface area contributed by atoms with Crippen molar-refractivity contribution in [2.45, 2.75) is 4.90 Å². The van der Waals surface area contributed by atoms with Crippen LogP contribution < -0.4 is 0 Å². The van der Waals surface area contributed by atoms with Gasteiger partial charge in [-0.2, -0.15) is 0 Å². The molecule has 0 heterocycles. The Kier molecular flexibility index (Phi) is 1.25. The molecular formula is C7H7BrS. The van der Waals surface area contributed by atoms with E-state index in [9.17, 15) is 0 Å². The third kappa shape index (κ3) is 2.03. The first-order chi connectivity index (χ1) is 6.00. The predicted octanol–water partition coefficient (Wildman–Crippen LogP) is 3.17. The average molecular weight is 207 g/mol. The van der Waals surface area contributed by atoms with Crippen molar-refractivity contribution in [1.29, 1.82) is 0 Å². The van der Waals surface area contributed by atoms with Gasteiger partial charge in [0.05, 0.1) is 5.48 Å². The van der Waals surface area contributed by atoms with E-state index in [4.69, 9.17) is 5.48 Å². The van der Waals surface area contributed by atoms with Crippen LogP contribution in [0.1, 0.15) is 5.48 Å². The summed E-state index contributed by atoms with van der Waals surface area (Å²) in [5.74, 6) is 0. The summed E-state index contributed by atoms with van der Waals surface area (Å²) >= 11 is 4.24. The lowest BCUT2D eigenvalue weighted by Gasteiger charge is -1.92. The standard InChI is InChI=1S/C7H7BrS/c1-9-7-4-2-6(8)3-5-7/h2-5H,1H3/i2D,3D,4D,5D. The fourth-order valence-corrected chi connectivity index (χ4v) is 0.892. The molecule has 0 atom stereocenters. The molecule has 1 rings (SSSR count). The maximum Gasteiger partial charge on any atom is 0.0635 e. The first-order valence-corrected chi connectivity index (χ1v) is 4.32. The maximum absolute atomic E-state index is 7.53. The Balaban J connectivity index is 3.56. The van der Waals surface area contributed by atoms with E-state index in [0.29, 0.717) is 4.90 Å². The van der Waals surface area contributed by atoms with Gasteiger partial charge in [0.15, 0.2) is 0 Å². The topological polar surface area (TPSA) is 0 Å². The lowest BCUT2D eigenvalue weighted by Crippen LogP contribution is -1.66. The van der Waals surface area contributed by atoms with Gasteiger partial charge in [-0.05, 0) is 30.4 Å². The van der Waals surface area contributed by atoms with E-state index in [0.717, 1.165) is 0 Å². The Morgan fingerprint density at radius 1 is 1.44 bits per heavy atom. The summed E-state index contributed by atoms with van der Waals surface area (Å²) in [6.45, 7) is 0. The molecule has 2 heteroatoms. The molecule has 0 saturated heterocycles. The number of hydrogen-bond acceptors (Lipinski definition) is 1. The summed E-state index contributed by atoms with van der Waals surface area (Å²) < 4.78 is 30.2. The van der Waals surface area contributed by atoms with Crippen LogP contribution >= 0.6 is 27.7 Å². The van der Waals surface area contributed by atoms with Gasteiger partial charge in [0.2, 0.25) is 0 Å². The van der Waals surface area contributed by atoms with E-state index in [2.05, 4.69) is 15.9 Å². The highest BCUT2D eigenvalue weighted by Gasteiger charge is 1.86. The molecule has 0 N–H and O–H groups in total. The van der Waals surface area contributed by atoms with Crippen molar-refractivity contribution in [3.63, 3.8) is 0 Å². The summed E-state index contributed by atoms with van der Waals surface area (Å²) in [7, 11) is 0. The number of halogens is 1. The van der Waals surface area contributed by atoms with E-state index < -0.39 is 0 Å². The van der Waals surface area contributed by atoms with Crippen molar-refractivity contribution >= 4 is 27.7 Å². The van der Waals surface area contributed by atoms with Gasteiger partial charge < -0.3 is 0 Å². The molecule has 48 valence electrons. The second kappa shape index (κ2) is 3.28. The molecule has 9 heavy (non-hydrogen) atoms. The molecule has 0 fully saturated rings. The van der Waals surface area contributed by atoms with Crippen LogP contribution in [0.15, 0.2) is 33.5 Å². The molecule has 0 aliphatic heterocycles. The van der Waals surface area contributed by atoms with Crippen molar-refractivity contribution < 1.29 is 5.48 Å². The van der Waals surface area contributed by atoms with Crippen LogP contribution in [0, 0.1) is 0 Å². The van der Waals surface area contributed by atoms with Crippen molar-refractivity contribution in [3.05, 3.63) is 28.6 Å². The van der Waals surface area contributed by atoms with Gasteiger partial charge in [-0.1, -0.05) is 15.9 Å². The number of benzene rings is 1. The lowest BCUT2D eigenvalue weighted by atomic mass is 10.4.